The number of halogens is 6. The molecule has 0 bridgehead atoms. The molecule has 1 N–H and O–H groups in total. The zero-order valence-corrected chi connectivity index (χ0v) is 32.5. The first-order chi connectivity index (χ1) is 24.0. The third kappa shape index (κ3) is 9.30. The molecule has 2 aromatic heterocycles. The number of piperazine rings is 2. The van der Waals surface area contributed by atoms with Crippen molar-refractivity contribution in [3.05, 3.63) is 87.2 Å². The summed E-state index contributed by atoms with van der Waals surface area (Å²) in [4.78, 5) is 15.8. The van der Waals surface area contributed by atoms with Gasteiger partial charge in [0.05, 0.1) is 10.8 Å². The molecule has 0 atom stereocenters. The van der Waals surface area contributed by atoms with Crippen LogP contribution < -0.4 is 10.2 Å². The highest BCUT2D eigenvalue weighted by molar-refractivity contribution is 6.66. The van der Waals surface area contributed by atoms with Crippen LogP contribution in [0.15, 0.2) is 57.6 Å². The van der Waals surface area contributed by atoms with Crippen molar-refractivity contribution < 1.29 is 13.8 Å². The van der Waals surface area contributed by atoms with Gasteiger partial charge in [-0.3, -0.25) is 4.70 Å². The van der Waals surface area contributed by atoms with Gasteiger partial charge in [-0.05, 0) is 75.2 Å². The van der Waals surface area contributed by atoms with Crippen LogP contribution in [0.5, 0.6) is 0 Å². The number of hydrogen-bond donors (Lipinski definition) is 1. The Morgan fingerprint density at radius 1 is 0.647 bits per heavy atom. The minimum Gasteiger partial charge on any atom is -0.335 e. The summed E-state index contributed by atoms with van der Waals surface area (Å²) in [6.07, 6.45) is 6.30. The van der Waals surface area contributed by atoms with Gasteiger partial charge in [0.25, 0.3) is 9.68 Å². The van der Waals surface area contributed by atoms with Crippen molar-refractivity contribution in [1.82, 2.24) is 35.4 Å². The molecule has 0 spiro atoms. The summed E-state index contributed by atoms with van der Waals surface area (Å²) in [6.45, 7) is 8.67. The molecule has 4 fully saturated rings. The zero-order valence-electron chi connectivity index (χ0n) is 28.8. The molecule has 2 aromatic carbocycles. The Bertz CT molecular complexity index is 1660. The Morgan fingerprint density at radius 2 is 1.10 bits per heavy atom. The molecule has 10 nitrogen and oxygen atoms in total. The van der Waals surface area contributed by atoms with Gasteiger partial charge >= 0.3 is 6.01 Å². The van der Waals surface area contributed by atoms with E-state index in [4.69, 9.17) is 72.0 Å². The molecule has 4 aliphatic rings. The van der Waals surface area contributed by atoms with Crippen LogP contribution in [0, 0.1) is 0 Å². The number of benzene rings is 2. The summed E-state index contributed by atoms with van der Waals surface area (Å²) < 4.78 is 8.96. The monoisotopic (exact) mass is 802 g/mol. The second kappa shape index (κ2) is 17.3. The van der Waals surface area contributed by atoms with E-state index in [1.54, 1.807) is 0 Å². The fraction of sp³-hybridized carbons (Fsp3) is 0.543. The topological polar surface area (TPSA) is 99.6 Å². The molecule has 8 rings (SSSR count). The van der Waals surface area contributed by atoms with E-state index in [2.05, 4.69) is 61.5 Å². The highest BCUT2D eigenvalue weighted by atomic mass is 35.6. The van der Waals surface area contributed by atoms with Gasteiger partial charge in [0.15, 0.2) is 11.6 Å². The summed E-state index contributed by atoms with van der Waals surface area (Å²) in [7, 11) is 4.29. The van der Waals surface area contributed by atoms with Gasteiger partial charge in [0, 0.05) is 62.4 Å². The molecular formula is C35H44Cl5FN8O2. The van der Waals surface area contributed by atoms with Crippen molar-refractivity contribution in [2.24, 2.45) is 0 Å². The van der Waals surface area contributed by atoms with Crippen molar-refractivity contribution >= 4 is 64.0 Å². The number of nitrogens with one attached hydrogen (secondary N) is 1. The van der Waals surface area contributed by atoms with Crippen molar-refractivity contribution in [3.63, 3.8) is 0 Å². The van der Waals surface area contributed by atoms with Crippen molar-refractivity contribution in [2.75, 3.05) is 71.4 Å². The molecule has 2 aliphatic carbocycles. The second-order valence-corrected chi connectivity index (χ2v) is 16.7. The van der Waals surface area contributed by atoms with Crippen LogP contribution in [0.2, 0.25) is 10.0 Å². The van der Waals surface area contributed by atoms with Gasteiger partial charge in [-0.25, -0.2) is 0 Å². The van der Waals surface area contributed by atoms with E-state index in [-0.39, 0.29) is 21.4 Å². The van der Waals surface area contributed by atoms with Crippen LogP contribution in [0.4, 0.5) is 10.7 Å². The fourth-order valence-corrected chi connectivity index (χ4v) is 7.21. The van der Waals surface area contributed by atoms with Crippen LogP contribution in [0.25, 0.3) is 0 Å². The highest BCUT2D eigenvalue weighted by Gasteiger charge is 2.46. The Morgan fingerprint density at radius 3 is 1.49 bits per heavy atom. The van der Waals surface area contributed by atoms with Gasteiger partial charge in [0.1, 0.15) is 0 Å². The SMILES string of the molecule is CN1CCN(c2nc(C3(c4ccc(Cl)cc4)CCC3)no2)CC1.CN1CCNCC1.Clc1ccc(C2(c3noc(C(Cl)(Cl)Cl)n3)CCC2)cc1.F. The number of hydrogen-bond acceptors (Lipinski definition) is 10. The highest BCUT2D eigenvalue weighted by Crippen LogP contribution is 2.50. The number of likely N-dealkylation sites (N-methyl/N-ethyl adjacent to an activating group) is 2. The van der Waals surface area contributed by atoms with E-state index in [9.17, 15) is 0 Å². The van der Waals surface area contributed by atoms with Gasteiger partial charge in [-0.2, -0.15) is 9.97 Å². The standard InChI is InChI=1S/C17H21ClN4O.C13H10Cl4N2O.C5H12N2.FH/c1-21-9-11-22(12-10-21)16-19-15(20-23-16)17(7-2-8-17)13-3-5-14(18)6-4-13;14-9-4-2-8(3-5-9)12(6-1-7-12)10-18-11(20-19-10)13(15,16)17;1-7-4-2-6-3-5-7;/h3-6H,2,7-12H2,1H3;2-5H,1,6-7H2;6H,2-5H2,1H3;1H. The molecular weight excluding hydrogens is 761 g/mol. The molecule has 51 heavy (non-hydrogen) atoms. The molecule has 2 aliphatic heterocycles. The average molecular weight is 805 g/mol. The lowest BCUT2D eigenvalue weighted by Gasteiger charge is -2.39. The van der Waals surface area contributed by atoms with Gasteiger partial charge in [-0.15, -0.1) is 0 Å². The molecule has 16 heteroatoms. The lowest BCUT2D eigenvalue weighted by atomic mass is 9.64. The Labute approximate surface area is 323 Å². The number of alkyl halides is 3. The summed E-state index contributed by atoms with van der Waals surface area (Å²) in [6, 6.07) is 16.4. The smallest absolute Gasteiger partial charge is 0.324 e. The van der Waals surface area contributed by atoms with Crippen LogP contribution in [-0.2, 0) is 14.6 Å². The summed E-state index contributed by atoms with van der Waals surface area (Å²) in [5, 5.41) is 13.1. The maximum Gasteiger partial charge on any atom is 0.324 e. The second-order valence-electron chi connectivity index (χ2n) is 13.6. The van der Waals surface area contributed by atoms with E-state index < -0.39 is 3.79 Å². The van der Waals surface area contributed by atoms with Gasteiger partial charge in [0.2, 0.25) is 0 Å². The molecule has 0 amide bonds. The van der Waals surface area contributed by atoms with E-state index in [1.807, 2.05) is 36.4 Å². The fourth-order valence-electron chi connectivity index (χ4n) is 6.73. The zero-order chi connectivity index (χ0) is 35.4. The van der Waals surface area contributed by atoms with Crippen molar-refractivity contribution in [3.8, 4) is 0 Å². The van der Waals surface area contributed by atoms with Gasteiger partial charge in [-0.1, -0.05) is 105 Å². The minimum atomic E-state index is -1.70. The third-order valence-electron chi connectivity index (χ3n) is 10.3. The first kappa shape index (κ1) is 40.0. The van der Waals surface area contributed by atoms with Crippen LogP contribution in [0.3, 0.4) is 0 Å². The van der Waals surface area contributed by atoms with E-state index in [0.717, 1.165) is 87.8 Å². The van der Waals surface area contributed by atoms with E-state index >= 15 is 0 Å². The van der Waals surface area contributed by atoms with Crippen LogP contribution in [-0.4, -0.2) is 96.5 Å². The minimum absolute atomic E-state index is 0. The van der Waals surface area contributed by atoms with Crippen molar-refractivity contribution in [2.45, 2.75) is 53.1 Å². The third-order valence-corrected chi connectivity index (χ3v) is 11.3. The molecule has 0 unspecified atom stereocenters. The molecule has 278 valence electrons. The van der Waals surface area contributed by atoms with Gasteiger partial charge < -0.3 is 29.1 Å². The average Bonchev–Trinajstić information content (AvgIpc) is 3.75. The molecule has 2 saturated carbocycles. The Balaban J connectivity index is 0.000000165. The van der Waals surface area contributed by atoms with Crippen LogP contribution >= 0.6 is 58.0 Å². The predicted molar refractivity (Wildman–Crippen MR) is 203 cm³/mol. The summed E-state index contributed by atoms with van der Waals surface area (Å²) in [5.74, 6) is 1.38. The Hall–Kier alpha value is -2.22. The maximum atomic E-state index is 6.03. The molecule has 4 aromatic rings. The number of rotatable bonds is 5. The normalized spacial score (nSPS) is 20.0. The van der Waals surface area contributed by atoms with Crippen LogP contribution in [0.1, 0.15) is 67.2 Å². The van der Waals surface area contributed by atoms with Crippen molar-refractivity contribution in [1.29, 1.82) is 0 Å². The first-order valence-electron chi connectivity index (χ1n) is 17.1. The maximum absolute atomic E-state index is 6.03. The summed E-state index contributed by atoms with van der Waals surface area (Å²) >= 11 is 29.3. The lowest BCUT2D eigenvalue weighted by molar-refractivity contribution is 0.271. The number of anilines is 1. The summed E-state index contributed by atoms with van der Waals surface area (Å²) in [5.41, 5.74) is 1.98. The largest absolute Gasteiger partial charge is 0.335 e. The molecule has 4 heterocycles. The van der Waals surface area contributed by atoms with E-state index in [1.165, 1.54) is 25.1 Å². The number of nitrogens with zero attached hydrogens (tertiary/aromatic N) is 7. The number of aromatic nitrogens is 4. The predicted octanol–water partition coefficient (Wildman–Crippen LogP) is 7.64. The van der Waals surface area contributed by atoms with E-state index in [0.29, 0.717) is 16.9 Å². The molecule has 2 saturated heterocycles. The Kier molecular flexibility index (Phi) is 13.5. The first-order valence-corrected chi connectivity index (χ1v) is 19.0. The quantitative estimate of drug-likeness (QED) is 0.203. The molecule has 0 radical (unpaired) electrons. The lowest BCUT2D eigenvalue weighted by Crippen LogP contribution is -2.44.